The molecule has 3 aliphatic rings. The topological polar surface area (TPSA) is 4.93 Å². The van der Waals surface area contributed by atoms with Gasteiger partial charge in [0.25, 0.3) is 0 Å². The maximum absolute atomic E-state index is 2.50. The van der Waals surface area contributed by atoms with Gasteiger partial charge in [0.1, 0.15) is 15.7 Å². The first-order chi connectivity index (χ1) is 24.6. The Morgan fingerprint density at radius 2 is 1.18 bits per heavy atom. The number of fused-ring (bicyclic) bond motifs is 8. The van der Waals surface area contributed by atoms with Crippen molar-refractivity contribution in [3.8, 4) is 27.9 Å². The fourth-order valence-corrected chi connectivity index (χ4v) is 9.90. The van der Waals surface area contributed by atoms with E-state index in [1.807, 2.05) is 0 Å². The Labute approximate surface area is 303 Å². The maximum Gasteiger partial charge on any atom is 0.139 e. The smallest absolute Gasteiger partial charge is 0.139 e. The Balaban J connectivity index is 1.13. The van der Waals surface area contributed by atoms with Crippen molar-refractivity contribution in [3.05, 3.63) is 167 Å². The van der Waals surface area contributed by atoms with Gasteiger partial charge in [-0.2, -0.15) is 0 Å². The molecule has 0 amide bonds. The van der Waals surface area contributed by atoms with Gasteiger partial charge in [0.2, 0.25) is 0 Å². The molecule has 0 spiro atoms. The van der Waals surface area contributed by atoms with Gasteiger partial charge in [0.05, 0.1) is 11.0 Å². The van der Waals surface area contributed by atoms with Gasteiger partial charge < -0.3 is 4.57 Å². The predicted octanol–water partition coefficient (Wildman–Crippen LogP) is 9.06. The lowest BCUT2D eigenvalue weighted by atomic mass is 9.75. The lowest BCUT2D eigenvalue weighted by Crippen LogP contribution is -2.19. The first-order valence-electron chi connectivity index (χ1n) is 18.5. The van der Waals surface area contributed by atoms with E-state index in [4.69, 9.17) is 0 Å². The Morgan fingerprint density at radius 3 is 1.94 bits per heavy atom. The first kappa shape index (κ1) is 30.5. The van der Waals surface area contributed by atoms with Crippen molar-refractivity contribution in [1.82, 2.24) is 4.57 Å². The molecule has 3 heteroatoms. The normalized spacial score (nSPS) is 17.8. The summed E-state index contributed by atoms with van der Waals surface area (Å²) in [5.74, 6) is 0.338. The second-order valence-electron chi connectivity index (χ2n) is 16.4. The molecular formula is C48H41B2N. The number of rotatable bonds is 3. The molecule has 0 aliphatic heterocycles. The summed E-state index contributed by atoms with van der Waals surface area (Å²) in [6.45, 7) is 9.55. The zero-order valence-electron chi connectivity index (χ0n) is 30.4. The highest BCUT2D eigenvalue weighted by Crippen LogP contribution is 2.53. The van der Waals surface area contributed by atoms with Crippen molar-refractivity contribution in [2.24, 2.45) is 0 Å². The summed E-state index contributed by atoms with van der Waals surface area (Å²) in [6, 6.07) is 46.3. The molecule has 0 bridgehead atoms. The van der Waals surface area contributed by atoms with Gasteiger partial charge in [0, 0.05) is 33.2 Å². The van der Waals surface area contributed by atoms with Crippen molar-refractivity contribution < 1.29 is 0 Å². The van der Waals surface area contributed by atoms with Crippen molar-refractivity contribution in [3.63, 3.8) is 0 Å². The van der Waals surface area contributed by atoms with E-state index < -0.39 is 0 Å². The van der Waals surface area contributed by atoms with Crippen LogP contribution in [0.15, 0.2) is 139 Å². The summed E-state index contributed by atoms with van der Waals surface area (Å²) in [5, 5.41) is 2.62. The zero-order valence-corrected chi connectivity index (χ0v) is 30.4. The molecule has 3 aliphatic carbocycles. The number of nitrogens with zero attached hydrogens (tertiary/aromatic N) is 1. The molecule has 7 aromatic rings. The number of aromatic nitrogens is 1. The van der Waals surface area contributed by atoms with Crippen LogP contribution in [0.4, 0.5) is 0 Å². The van der Waals surface area contributed by atoms with Crippen LogP contribution in [0.5, 0.6) is 0 Å². The first-order valence-corrected chi connectivity index (χ1v) is 18.5. The van der Waals surface area contributed by atoms with E-state index >= 15 is 0 Å². The fourth-order valence-electron chi connectivity index (χ4n) is 9.90. The van der Waals surface area contributed by atoms with Crippen molar-refractivity contribution in [2.75, 3.05) is 0 Å². The minimum atomic E-state index is -0.0297. The lowest BCUT2D eigenvalue weighted by Gasteiger charge is -2.29. The number of allylic oxidation sites excluding steroid dienone is 4. The number of hydrogen-bond acceptors (Lipinski definition) is 0. The van der Waals surface area contributed by atoms with E-state index in [2.05, 4.69) is 181 Å². The molecule has 0 saturated carbocycles. The van der Waals surface area contributed by atoms with Gasteiger partial charge >= 0.3 is 0 Å². The van der Waals surface area contributed by atoms with Crippen LogP contribution in [-0.4, -0.2) is 20.3 Å². The minimum Gasteiger partial charge on any atom is -0.309 e. The monoisotopic (exact) mass is 653 g/mol. The standard InChI is InChI=1S/C48H41B2N/c1-47(2)41-11-7-5-9-35(41)37-17-13-30(23-43(37)47)28-15-19-45-39(21-28)40-22-29(16-20-46(40)51(45)34-26-32(49)25-33(50)27-34)31-14-18-38-36-10-6-8-12-42(36)48(3,4)44(38)24-31/h5-23,25-27,31H,24,49-50H2,1-4H3. The van der Waals surface area contributed by atoms with Crippen LogP contribution < -0.4 is 10.9 Å². The average Bonchev–Trinajstić information content (AvgIpc) is 3.67. The second-order valence-corrected chi connectivity index (χ2v) is 16.4. The third kappa shape index (κ3) is 4.37. The van der Waals surface area contributed by atoms with Crippen molar-refractivity contribution in [1.29, 1.82) is 0 Å². The van der Waals surface area contributed by atoms with E-state index in [-0.39, 0.29) is 10.8 Å². The van der Waals surface area contributed by atoms with E-state index in [1.165, 1.54) is 94.1 Å². The highest BCUT2D eigenvalue weighted by atomic mass is 15.0. The maximum atomic E-state index is 2.50. The molecular weight excluding hydrogens is 612 g/mol. The molecule has 1 atom stereocenters. The molecule has 0 radical (unpaired) electrons. The van der Waals surface area contributed by atoms with Gasteiger partial charge in [-0.15, -0.1) is 0 Å². The summed E-state index contributed by atoms with van der Waals surface area (Å²) < 4.78 is 2.48. The number of benzene rings is 6. The van der Waals surface area contributed by atoms with Gasteiger partial charge in [-0.1, -0.05) is 135 Å². The van der Waals surface area contributed by atoms with Crippen LogP contribution in [0, 0.1) is 0 Å². The summed E-state index contributed by atoms with van der Waals surface area (Å²) in [5.41, 5.74) is 21.7. The van der Waals surface area contributed by atoms with Gasteiger partial charge in [-0.3, -0.25) is 0 Å². The fraction of sp³-hybridized carbons (Fsp3) is 0.167. The van der Waals surface area contributed by atoms with Gasteiger partial charge in [-0.05, 0) is 105 Å². The summed E-state index contributed by atoms with van der Waals surface area (Å²) in [6.07, 6.45) is 5.91. The molecule has 1 nitrogen and oxygen atoms in total. The quantitative estimate of drug-likeness (QED) is 0.168. The van der Waals surface area contributed by atoms with Crippen LogP contribution in [0.2, 0.25) is 0 Å². The van der Waals surface area contributed by atoms with Gasteiger partial charge in [-0.25, -0.2) is 0 Å². The van der Waals surface area contributed by atoms with Crippen LogP contribution in [0.1, 0.15) is 67.9 Å². The molecule has 10 rings (SSSR count). The molecule has 1 heterocycles. The van der Waals surface area contributed by atoms with E-state index in [1.54, 1.807) is 5.57 Å². The molecule has 0 N–H and O–H groups in total. The Kier molecular flexibility index (Phi) is 6.36. The predicted molar refractivity (Wildman–Crippen MR) is 223 cm³/mol. The SMILES string of the molecule is Bc1cc(B)cc(-n2c3ccc(-c4ccc5c(c4)C(C)(C)c4ccccc4-5)cc3c3cc(C4C=CC5=C(C4)C(C)(C)c4ccccc45)ccc32)c1. The summed E-state index contributed by atoms with van der Waals surface area (Å²) in [4.78, 5) is 0. The average molecular weight is 653 g/mol. The third-order valence-electron chi connectivity index (χ3n) is 12.5. The second kappa shape index (κ2) is 10.6. The minimum absolute atomic E-state index is 0.0297. The Bertz CT molecular complexity index is 2680. The molecule has 244 valence electrons. The van der Waals surface area contributed by atoms with E-state index in [0.29, 0.717) is 5.92 Å². The van der Waals surface area contributed by atoms with Crippen molar-refractivity contribution >= 4 is 54.0 Å². The van der Waals surface area contributed by atoms with Gasteiger partial charge in [0.15, 0.2) is 0 Å². The molecule has 0 fully saturated rings. The van der Waals surface area contributed by atoms with Crippen molar-refractivity contribution in [2.45, 2.75) is 50.9 Å². The zero-order chi connectivity index (χ0) is 34.8. The summed E-state index contributed by atoms with van der Waals surface area (Å²) >= 11 is 0. The molecule has 0 saturated heterocycles. The van der Waals surface area contributed by atoms with Crippen LogP contribution >= 0.6 is 0 Å². The van der Waals surface area contributed by atoms with Crippen LogP contribution in [-0.2, 0) is 10.8 Å². The molecule has 51 heavy (non-hydrogen) atoms. The third-order valence-corrected chi connectivity index (χ3v) is 12.5. The number of hydrogen-bond donors (Lipinski definition) is 0. The lowest BCUT2D eigenvalue weighted by molar-refractivity contribution is 0.591. The molecule has 6 aromatic carbocycles. The van der Waals surface area contributed by atoms with E-state index in [9.17, 15) is 0 Å². The largest absolute Gasteiger partial charge is 0.309 e. The highest BCUT2D eigenvalue weighted by molar-refractivity contribution is 6.38. The van der Waals surface area contributed by atoms with E-state index in [0.717, 1.165) is 6.42 Å². The molecule has 1 aromatic heterocycles. The molecule has 1 unspecified atom stereocenters. The summed E-state index contributed by atoms with van der Waals surface area (Å²) in [7, 11) is 4.41. The Morgan fingerprint density at radius 1 is 0.569 bits per heavy atom. The van der Waals surface area contributed by atoms with Crippen LogP contribution in [0.3, 0.4) is 0 Å². The Hall–Kier alpha value is -5.27. The van der Waals surface area contributed by atoms with Crippen LogP contribution in [0.25, 0.3) is 55.3 Å². The highest BCUT2D eigenvalue weighted by Gasteiger charge is 2.39.